The zero-order valence-electron chi connectivity index (χ0n) is 9.06. The van der Waals surface area contributed by atoms with E-state index in [1.165, 1.54) is 18.2 Å². The lowest BCUT2D eigenvalue weighted by atomic mass is 10.2. The van der Waals surface area contributed by atoms with E-state index in [0.717, 1.165) is 5.56 Å². The van der Waals surface area contributed by atoms with Gasteiger partial charge in [-0.15, -0.1) is 0 Å². The highest BCUT2D eigenvalue weighted by atomic mass is 19.1. The molecule has 0 aliphatic carbocycles. The summed E-state index contributed by atoms with van der Waals surface area (Å²) < 4.78 is 18.5. The second-order valence-corrected chi connectivity index (χ2v) is 3.56. The maximum absolute atomic E-state index is 13.1. The van der Waals surface area contributed by atoms with E-state index in [9.17, 15) is 4.39 Å². The first-order chi connectivity index (χ1) is 8.28. The molecule has 2 aromatic carbocycles. The van der Waals surface area contributed by atoms with E-state index in [-0.39, 0.29) is 5.56 Å². The lowest BCUT2D eigenvalue weighted by Gasteiger charge is -2.06. The summed E-state index contributed by atoms with van der Waals surface area (Å²) in [5, 5.41) is 8.70. The highest BCUT2D eigenvalue weighted by Crippen LogP contribution is 2.17. The van der Waals surface area contributed by atoms with Crippen molar-refractivity contribution in [3.05, 3.63) is 65.5 Å². The number of halogens is 1. The highest BCUT2D eigenvalue weighted by molar-refractivity contribution is 5.37. The van der Waals surface area contributed by atoms with Crippen LogP contribution in [0.1, 0.15) is 11.1 Å². The topological polar surface area (TPSA) is 33.0 Å². The molecule has 0 bridgehead atoms. The standard InChI is InChI=1S/C14H10FNO/c15-13-6-12(9-16)7-14(8-13)17-10-11-4-2-1-3-5-11/h1-8H,10H2. The third kappa shape index (κ3) is 3.05. The van der Waals surface area contributed by atoms with Gasteiger partial charge >= 0.3 is 0 Å². The van der Waals surface area contributed by atoms with Crippen molar-refractivity contribution >= 4 is 0 Å². The normalized spacial score (nSPS) is 9.65. The molecule has 2 nitrogen and oxygen atoms in total. The van der Waals surface area contributed by atoms with Gasteiger partial charge in [0.05, 0.1) is 11.6 Å². The number of rotatable bonds is 3. The van der Waals surface area contributed by atoms with E-state index in [2.05, 4.69) is 0 Å². The molecule has 0 aliphatic rings. The molecule has 84 valence electrons. The molecule has 0 N–H and O–H groups in total. The van der Waals surface area contributed by atoms with Gasteiger partial charge in [0.25, 0.3) is 0 Å². The number of ether oxygens (including phenoxy) is 1. The maximum atomic E-state index is 13.1. The first-order valence-electron chi connectivity index (χ1n) is 5.15. The summed E-state index contributed by atoms with van der Waals surface area (Å²) >= 11 is 0. The summed E-state index contributed by atoms with van der Waals surface area (Å²) in [6, 6.07) is 15.4. The Labute approximate surface area is 98.9 Å². The summed E-state index contributed by atoms with van der Waals surface area (Å²) in [7, 11) is 0. The smallest absolute Gasteiger partial charge is 0.128 e. The number of nitriles is 1. The van der Waals surface area contributed by atoms with Crippen LogP contribution in [0.15, 0.2) is 48.5 Å². The van der Waals surface area contributed by atoms with Crippen LogP contribution in [0.5, 0.6) is 5.75 Å². The van der Waals surface area contributed by atoms with Crippen LogP contribution >= 0.6 is 0 Å². The molecular weight excluding hydrogens is 217 g/mol. The molecule has 2 rings (SSSR count). The molecule has 17 heavy (non-hydrogen) atoms. The Bertz CT molecular complexity index is 546. The number of hydrogen-bond donors (Lipinski definition) is 0. The Hall–Kier alpha value is -2.34. The first-order valence-corrected chi connectivity index (χ1v) is 5.15. The molecule has 0 saturated carbocycles. The number of benzene rings is 2. The quantitative estimate of drug-likeness (QED) is 0.806. The highest BCUT2D eigenvalue weighted by Gasteiger charge is 2.01. The van der Waals surface area contributed by atoms with E-state index < -0.39 is 5.82 Å². The van der Waals surface area contributed by atoms with Gasteiger partial charge in [0.2, 0.25) is 0 Å². The van der Waals surface area contributed by atoms with Crippen LogP contribution in [0.25, 0.3) is 0 Å². The minimum absolute atomic E-state index is 0.257. The molecule has 0 fully saturated rings. The van der Waals surface area contributed by atoms with Crippen molar-refractivity contribution < 1.29 is 9.13 Å². The lowest BCUT2D eigenvalue weighted by molar-refractivity contribution is 0.304. The summed E-state index contributed by atoms with van der Waals surface area (Å²) in [5.74, 6) is -0.0995. The largest absolute Gasteiger partial charge is 0.489 e. The third-order valence-electron chi connectivity index (χ3n) is 2.25. The predicted molar refractivity (Wildman–Crippen MR) is 61.9 cm³/mol. The fourth-order valence-corrected chi connectivity index (χ4v) is 1.45. The number of nitrogens with zero attached hydrogens (tertiary/aromatic N) is 1. The van der Waals surface area contributed by atoms with Crippen LogP contribution in [0.4, 0.5) is 4.39 Å². The van der Waals surface area contributed by atoms with Gasteiger partial charge in [0.15, 0.2) is 0 Å². The van der Waals surface area contributed by atoms with Gasteiger partial charge in [-0.3, -0.25) is 0 Å². The van der Waals surface area contributed by atoms with Crippen LogP contribution in [0, 0.1) is 17.1 Å². The van der Waals surface area contributed by atoms with Gasteiger partial charge in [-0.05, 0) is 17.7 Å². The van der Waals surface area contributed by atoms with Crippen molar-refractivity contribution in [1.29, 1.82) is 5.26 Å². The SMILES string of the molecule is N#Cc1cc(F)cc(OCc2ccccc2)c1. The van der Waals surface area contributed by atoms with Crippen molar-refractivity contribution in [2.24, 2.45) is 0 Å². The summed E-state index contributed by atoms with van der Waals surface area (Å²) in [6.45, 7) is 0.356. The van der Waals surface area contributed by atoms with Gasteiger partial charge in [0.1, 0.15) is 18.2 Å². The van der Waals surface area contributed by atoms with E-state index >= 15 is 0 Å². The minimum atomic E-state index is -0.466. The Morgan fingerprint density at radius 1 is 1.12 bits per heavy atom. The first kappa shape index (κ1) is 11.2. The zero-order valence-corrected chi connectivity index (χ0v) is 9.06. The molecule has 0 saturated heterocycles. The number of hydrogen-bond acceptors (Lipinski definition) is 2. The van der Waals surface area contributed by atoms with Crippen molar-refractivity contribution in [2.75, 3.05) is 0 Å². The van der Waals surface area contributed by atoms with E-state index in [4.69, 9.17) is 10.00 Å². The van der Waals surface area contributed by atoms with Gasteiger partial charge in [-0.25, -0.2) is 4.39 Å². The molecule has 2 aromatic rings. The van der Waals surface area contributed by atoms with Crippen molar-refractivity contribution in [2.45, 2.75) is 6.61 Å². The van der Waals surface area contributed by atoms with Crippen molar-refractivity contribution in [1.82, 2.24) is 0 Å². The molecule has 0 radical (unpaired) electrons. The third-order valence-corrected chi connectivity index (χ3v) is 2.25. The van der Waals surface area contributed by atoms with E-state index in [1.807, 2.05) is 36.4 Å². The van der Waals surface area contributed by atoms with Crippen molar-refractivity contribution in [3.8, 4) is 11.8 Å². The Kier molecular flexibility index (Phi) is 3.37. The van der Waals surface area contributed by atoms with Crippen molar-refractivity contribution in [3.63, 3.8) is 0 Å². The summed E-state index contributed by atoms with van der Waals surface area (Å²) in [6.07, 6.45) is 0. The summed E-state index contributed by atoms with van der Waals surface area (Å²) in [4.78, 5) is 0. The van der Waals surface area contributed by atoms with Crippen LogP contribution in [0.3, 0.4) is 0 Å². The average Bonchev–Trinajstić information content (AvgIpc) is 2.37. The van der Waals surface area contributed by atoms with E-state index in [1.54, 1.807) is 0 Å². The second kappa shape index (κ2) is 5.13. The van der Waals surface area contributed by atoms with E-state index in [0.29, 0.717) is 12.4 Å². The molecule has 3 heteroatoms. The van der Waals surface area contributed by atoms with Crippen LogP contribution in [-0.2, 0) is 6.61 Å². The second-order valence-electron chi connectivity index (χ2n) is 3.56. The maximum Gasteiger partial charge on any atom is 0.128 e. The molecule has 0 atom stereocenters. The fraction of sp³-hybridized carbons (Fsp3) is 0.0714. The molecule has 0 aliphatic heterocycles. The molecule has 0 heterocycles. The molecular formula is C14H10FNO. The Balaban J connectivity index is 2.10. The summed E-state index contributed by atoms with van der Waals surface area (Å²) in [5.41, 5.74) is 1.25. The van der Waals surface area contributed by atoms with Gasteiger partial charge in [0, 0.05) is 6.07 Å². The fourth-order valence-electron chi connectivity index (χ4n) is 1.45. The Morgan fingerprint density at radius 3 is 2.59 bits per heavy atom. The lowest BCUT2D eigenvalue weighted by Crippen LogP contribution is -1.96. The van der Waals surface area contributed by atoms with Gasteiger partial charge in [-0.2, -0.15) is 5.26 Å². The molecule has 0 unspecified atom stereocenters. The Morgan fingerprint density at radius 2 is 1.88 bits per heavy atom. The molecule has 0 aromatic heterocycles. The molecule has 0 spiro atoms. The monoisotopic (exact) mass is 227 g/mol. The average molecular weight is 227 g/mol. The van der Waals surface area contributed by atoms with Gasteiger partial charge in [-0.1, -0.05) is 30.3 Å². The van der Waals surface area contributed by atoms with Gasteiger partial charge < -0.3 is 4.74 Å². The minimum Gasteiger partial charge on any atom is -0.489 e. The van der Waals surface area contributed by atoms with Crippen LogP contribution in [-0.4, -0.2) is 0 Å². The molecule has 0 amide bonds. The zero-order chi connectivity index (χ0) is 12.1. The van der Waals surface area contributed by atoms with Crippen LogP contribution < -0.4 is 4.74 Å². The van der Waals surface area contributed by atoms with Crippen LogP contribution in [0.2, 0.25) is 0 Å². The predicted octanol–water partition coefficient (Wildman–Crippen LogP) is 3.28.